The summed E-state index contributed by atoms with van der Waals surface area (Å²) in [6.07, 6.45) is 0.572. The standard InChI is InChI=1S/C10H16N2O3/c1-4-9(10(13)14)12(3)6-8-5-7(2)15-11-8/h5,9H,4,6H2,1-3H3,(H,13,14). The molecule has 84 valence electrons. The lowest BCUT2D eigenvalue weighted by molar-refractivity contribution is -0.143. The van der Waals surface area contributed by atoms with Crippen LogP contribution in [0.5, 0.6) is 0 Å². The lowest BCUT2D eigenvalue weighted by Crippen LogP contribution is -2.37. The van der Waals surface area contributed by atoms with E-state index in [4.69, 9.17) is 9.63 Å². The quantitative estimate of drug-likeness (QED) is 0.796. The molecule has 1 aromatic heterocycles. The summed E-state index contributed by atoms with van der Waals surface area (Å²) in [5.74, 6) is -0.0676. The zero-order chi connectivity index (χ0) is 11.4. The number of aryl methyl sites for hydroxylation is 1. The molecule has 1 atom stereocenters. The van der Waals surface area contributed by atoms with E-state index in [2.05, 4.69) is 5.16 Å². The van der Waals surface area contributed by atoms with Crippen LogP contribution in [0, 0.1) is 6.92 Å². The molecule has 1 unspecified atom stereocenters. The van der Waals surface area contributed by atoms with E-state index in [1.165, 1.54) is 0 Å². The van der Waals surface area contributed by atoms with Crippen molar-refractivity contribution >= 4 is 5.97 Å². The lowest BCUT2D eigenvalue weighted by Gasteiger charge is -2.21. The molecule has 0 radical (unpaired) electrons. The third-order valence-electron chi connectivity index (χ3n) is 2.29. The molecule has 0 aromatic carbocycles. The SMILES string of the molecule is CCC(C(=O)O)N(C)Cc1cc(C)on1. The minimum Gasteiger partial charge on any atom is -0.480 e. The van der Waals surface area contributed by atoms with Gasteiger partial charge in [0.25, 0.3) is 0 Å². The van der Waals surface area contributed by atoms with Crippen molar-refractivity contribution in [2.24, 2.45) is 0 Å². The number of hydrogen-bond donors (Lipinski definition) is 1. The number of aliphatic carboxylic acids is 1. The molecule has 0 aliphatic rings. The maximum atomic E-state index is 10.9. The van der Waals surface area contributed by atoms with Gasteiger partial charge in [0.15, 0.2) is 0 Å². The van der Waals surface area contributed by atoms with E-state index in [0.717, 1.165) is 11.5 Å². The number of nitrogens with zero attached hydrogens (tertiary/aromatic N) is 2. The van der Waals surface area contributed by atoms with E-state index in [-0.39, 0.29) is 0 Å². The van der Waals surface area contributed by atoms with Crippen LogP contribution < -0.4 is 0 Å². The molecule has 0 aliphatic carbocycles. The average Bonchev–Trinajstić information content (AvgIpc) is 2.51. The number of likely N-dealkylation sites (N-methyl/N-ethyl adjacent to an activating group) is 1. The van der Waals surface area contributed by atoms with Crippen LogP contribution in [0.15, 0.2) is 10.6 Å². The number of rotatable bonds is 5. The summed E-state index contributed by atoms with van der Waals surface area (Å²) in [6, 6.07) is 1.34. The molecule has 5 heteroatoms. The largest absolute Gasteiger partial charge is 0.480 e. The Bertz CT molecular complexity index is 335. The smallest absolute Gasteiger partial charge is 0.320 e. The maximum Gasteiger partial charge on any atom is 0.320 e. The van der Waals surface area contributed by atoms with Crippen molar-refractivity contribution in [2.75, 3.05) is 7.05 Å². The van der Waals surface area contributed by atoms with Crippen LogP contribution in [-0.4, -0.2) is 34.2 Å². The van der Waals surface area contributed by atoms with Crippen LogP contribution in [0.2, 0.25) is 0 Å². The van der Waals surface area contributed by atoms with Crippen molar-refractivity contribution in [1.82, 2.24) is 10.1 Å². The number of carbonyl (C=O) groups is 1. The predicted octanol–water partition coefficient (Wildman–Crippen LogP) is 1.28. The summed E-state index contributed by atoms with van der Waals surface area (Å²) in [4.78, 5) is 12.6. The molecule has 1 rings (SSSR count). The first kappa shape index (κ1) is 11.7. The van der Waals surface area contributed by atoms with Crippen LogP contribution in [0.4, 0.5) is 0 Å². The van der Waals surface area contributed by atoms with E-state index >= 15 is 0 Å². The van der Waals surface area contributed by atoms with Crippen molar-refractivity contribution in [2.45, 2.75) is 32.9 Å². The van der Waals surface area contributed by atoms with E-state index in [1.54, 1.807) is 11.9 Å². The first-order valence-electron chi connectivity index (χ1n) is 4.89. The van der Waals surface area contributed by atoms with Crippen LogP contribution in [-0.2, 0) is 11.3 Å². The normalized spacial score (nSPS) is 13.1. The fourth-order valence-electron chi connectivity index (χ4n) is 1.53. The molecule has 1 aromatic rings. The third kappa shape index (κ3) is 3.06. The van der Waals surface area contributed by atoms with Crippen molar-refractivity contribution < 1.29 is 14.4 Å². The summed E-state index contributed by atoms with van der Waals surface area (Å²) in [7, 11) is 1.77. The average molecular weight is 212 g/mol. The second kappa shape index (κ2) is 4.93. The van der Waals surface area contributed by atoms with Crippen LogP contribution in [0.25, 0.3) is 0 Å². The second-order valence-electron chi connectivity index (χ2n) is 3.61. The van der Waals surface area contributed by atoms with Gasteiger partial charge in [0, 0.05) is 12.6 Å². The van der Waals surface area contributed by atoms with Gasteiger partial charge in [-0.15, -0.1) is 0 Å². The van der Waals surface area contributed by atoms with Gasteiger partial charge in [-0.1, -0.05) is 12.1 Å². The molecule has 0 spiro atoms. The van der Waals surface area contributed by atoms with E-state index in [1.807, 2.05) is 19.9 Å². The molecule has 5 nitrogen and oxygen atoms in total. The zero-order valence-electron chi connectivity index (χ0n) is 9.23. The van der Waals surface area contributed by atoms with E-state index < -0.39 is 12.0 Å². The highest BCUT2D eigenvalue weighted by molar-refractivity contribution is 5.73. The summed E-state index contributed by atoms with van der Waals surface area (Å²) in [6.45, 7) is 4.15. The minimum atomic E-state index is -0.805. The molecule has 0 amide bonds. The molecule has 0 aliphatic heterocycles. The Kier molecular flexibility index (Phi) is 3.85. The Labute approximate surface area is 88.7 Å². The fourth-order valence-corrected chi connectivity index (χ4v) is 1.53. The highest BCUT2D eigenvalue weighted by Gasteiger charge is 2.21. The van der Waals surface area contributed by atoms with E-state index in [9.17, 15) is 4.79 Å². The first-order valence-corrected chi connectivity index (χ1v) is 4.89. The number of carboxylic acids is 1. The monoisotopic (exact) mass is 212 g/mol. The Hall–Kier alpha value is -1.36. The van der Waals surface area contributed by atoms with Gasteiger partial charge in [0.2, 0.25) is 0 Å². The molecule has 1 heterocycles. The molecule has 0 saturated heterocycles. The molecule has 15 heavy (non-hydrogen) atoms. The van der Waals surface area contributed by atoms with Gasteiger partial charge >= 0.3 is 5.97 Å². The Balaban J connectivity index is 2.61. The van der Waals surface area contributed by atoms with Gasteiger partial charge in [0.05, 0.1) is 5.69 Å². The Morgan fingerprint density at radius 1 is 1.73 bits per heavy atom. The Morgan fingerprint density at radius 2 is 2.40 bits per heavy atom. The zero-order valence-corrected chi connectivity index (χ0v) is 9.23. The molecule has 1 N–H and O–H groups in total. The molecule has 0 bridgehead atoms. The molecular weight excluding hydrogens is 196 g/mol. The van der Waals surface area contributed by atoms with Crippen molar-refractivity contribution in [3.05, 3.63) is 17.5 Å². The van der Waals surface area contributed by atoms with Crippen molar-refractivity contribution in [3.8, 4) is 0 Å². The highest BCUT2D eigenvalue weighted by atomic mass is 16.5. The highest BCUT2D eigenvalue weighted by Crippen LogP contribution is 2.09. The summed E-state index contributed by atoms with van der Waals surface area (Å²) < 4.78 is 4.92. The second-order valence-corrected chi connectivity index (χ2v) is 3.61. The molecule has 0 saturated carbocycles. The summed E-state index contributed by atoms with van der Waals surface area (Å²) in [5.41, 5.74) is 0.759. The molecule has 0 fully saturated rings. The Morgan fingerprint density at radius 3 is 2.80 bits per heavy atom. The van der Waals surface area contributed by atoms with Crippen LogP contribution in [0.1, 0.15) is 24.8 Å². The fraction of sp³-hybridized carbons (Fsp3) is 0.600. The summed E-state index contributed by atoms with van der Waals surface area (Å²) >= 11 is 0. The number of carboxylic acid groups (broad SMARTS) is 1. The topological polar surface area (TPSA) is 66.6 Å². The van der Waals surface area contributed by atoms with E-state index in [0.29, 0.717) is 13.0 Å². The molecular formula is C10H16N2O3. The number of hydrogen-bond acceptors (Lipinski definition) is 4. The van der Waals surface area contributed by atoms with Gasteiger partial charge < -0.3 is 9.63 Å². The lowest BCUT2D eigenvalue weighted by atomic mass is 10.2. The number of aromatic nitrogens is 1. The van der Waals surface area contributed by atoms with Gasteiger partial charge in [-0.25, -0.2) is 0 Å². The van der Waals surface area contributed by atoms with Gasteiger partial charge in [-0.3, -0.25) is 9.69 Å². The third-order valence-corrected chi connectivity index (χ3v) is 2.29. The summed E-state index contributed by atoms with van der Waals surface area (Å²) in [5, 5.41) is 12.8. The first-order chi connectivity index (χ1) is 7.04. The van der Waals surface area contributed by atoms with Gasteiger partial charge in [-0.05, 0) is 20.4 Å². The van der Waals surface area contributed by atoms with Crippen molar-refractivity contribution in [1.29, 1.82) is 0 Å². The maximum absolute atomic E-state index is 10.9. The van der Waals surface area contributed by atoms with Crippen molar-refractivity contribution in [3.63, 3.8) is 0 Å². The minimum absolute atomic E-state index is 0.470. The van der Waals surface area contributed by atoms with Crippen LogP contribution >= 0.6 is 0 Å². The van der Waals surface area contributed by atoms with Gasteiger partial charge in [0.1, 0.15) is 11.8 Å². The van der Waals surface area contributed by atoms with Gasteiger partial charge in [-0.2, -0.15) is 0 Å². The predicted molar refractivity (Wildman–Crippen MR) is 54.4 cm³/mol. The van der Waals surface area contributed by atoms with Crippen LogP contribution in [0.3, 0.4) is 0 Å².